The molecule has 0 unspecified atom stereocenters. The highest BCUT2D eigenvalue weighted by atomic mass is 14.2. The van der Waals surface area contributed by atoms with Crippen LogP contribution in [0.5, 0.6) is 0 Å². The predicted octanol–water partition coefficient (Wildman–Crippen LogP) is 3.18. The summed E-state index contributed by atoms with van der Waals surface area (Å²) in [4.78, 5) is 0. The van der Waals surface area contributed by atoms with Crippen molar-refractivity contribution >= 4 is 5.57 Å². The Morgan fingerprint density at radius 2 is 2.00 bits per heavy atom. The van der Waals surface area contributed by atoms with Gasteiger partial charge in [-0.25, -0.2) is 0 Å². The zero-order chi connectivity index (χ0) is 9.68. The second-order valence-corrected chi connectivity index (χ2v) is 3.01. The van der Waals surface area contributed by atoms with Gasteiger partial charge in [0.2, 0.25) is 0 Å². The number of benzene rings is 1. The van der Waals surface area contributed by atoms with Gasteiger partial charge in [-0.1, -0.05) is 31.2 Å². The third-order valence-electron chi connectivity index (χ3n) is 2.10. The van der Waals surface area contributed by atoms with Gasteiger partial charge >= 0.3 is 0 Å². The van der Waals surface area contributed by atoms with Crippen molar-refractivity contribution in [3.63, 3.8) is 0 Å². The number of nitrogens with zero attached hydrogens (tertiary/aromatic N) is 1. The van der Waals surface area contributed by atoms with E-state index in [1.54, 1.807) is 6.08 Å². The summed E-state index contributed by atoms with van der Waals surface area (Å²) in [5.74, 6) is 0. The highest BCUT2D eigenvalue weighted by Gasteiger charge is 1.94. The van der Waals surface area contributed by atoms with Gasteiger partial charge in [-0.3, -0.25) is 0 Å². The molecule has 1 rings (SSSR count). The molecule has 0 saturated heterocycles. The fourth-order valence-electron chi connectivity index (χ4n) is 1.18. The standard InChI is InChI=1S/C12H13N/c1-3-11-4-6-12(7-5-11)10(2)8-9-13/h4-8H,3H2,1-2H3/b10-8-. The lowest BCUT2D eigenvalue weighted by Crippen LogP contribution is -1.82. The lowest BCUT2D eigenvalue weighted by Gasteiger charge is -2.00. The average Bonchev–Trinajstić information content (AvgIpc) is 2.18. The Hall–Kier alpha value is -1.55. The van der Waals surface area contributed by atoms with E-state index in [1.807, 2.05) is 13.0 Å². The zero-order valence-corrected chi connectivity index (χ0v) is 8.04. The minimum absolute atomic E-state index is 1.02. The summed E-state index contributed by atoms with van der Waals surface area (Å²) >= 11 is 0. The maximum atomic E-state index is 8.47. The molecule has 0 spiro atoms. The van der Waals surface area contributed by atoms with E-state index in [9.17, 15) is 0 Å². The van der Waals surface area contributed by atoms with Crippen LogP contribution < -0.4 is 0 Å². The minimum Gasteiger partial charge on any atom is -0.193 e. The van der Waals surface area contributed by atoms with Crippen LogP contribution >= 0.6 is 0 Å². The van der Waals surface area contributed by atoms with E-state index in [4.69, 9.17) is 5.26 Å². The van der Waals surface area contributed by atoms with E-state index in [0.29, 0.717) is 0 Å². The van der Waals surface area contributed by atoms with Crippen molar-refractivity contribution in [2.24, 2.45) is 0 Å². The Balaban J connectivity index is 2.94. The van der Waals surface area contributed by atoms with Crippen molar-refractivity contribution in [3.05, 3.63) is 41.5 Å². The van der Waals surface area contributed by atoms with Crippen molar-refractivity contribution in [2.75, 3.05) is 0 Å². The monoisotopic (exact) mass is 171 g/mol. The maximum absolute atomic E-state index is 8.47. The molecule has 0 aliphatic rings. The molecule has 0 atom stereocenters. The predicted molar refractivity (Wildman–Crippen MR) is 55.1 cm³/mol. The summed E-state index contributed by atoms with van der Waals surface area (Å²) in [6.07, 6.45) is 2.63. The van der Waals surface area contributed by atoms with E-state index in [2.05, 4.69) is 31.2 Å². The van der Waals surface area contributed by atoms with Crippen LogP contribution in [0.25, 0.3) is 5.57 Å². The summed E-state index contributed by atoms with van der Waals surface area (Å²) in [6.45, 7) is 4.08. The summed E-state index contributed by atoms with van der Waals surface area (Å²) < 4.78 is 0. The van der Waals surface area contributed by atoms with E-state index in [0.717, 1.165) is 17.6 Å². The van der Waals surface area contributed by atoms with Gasteiger partial charge < -0.3 is 0 Å². The molecule has 1 nitrogen and oxygen atoms in total. The van der Waals surface area contributed by atoms with Crippen LogP contribution in [-0.2, 0) is 6.42 Å². The van der Waals surface area contributed by atoms with Crippen molar-refractivity contribution in [2.45, 2.75) is 20.3 Å². The van der Waals surface area contributed by atoms with Crippen molar-refractivity contribution in [3.8, 4) is 6.07 Å². The molecule has 0 N–H and O–H groups in total. The molecular formula is C12H13N. The molecule has 0 fully saturated rings. The molecule has 66 valence electrons. The van der Waals surface area contributed by atoms with Crippen molar-refractivity contribution in [1.29, 1.82) is 5.26 Å². The maximum Gasteiger partial charge on any atom is 0.0915 e. The fraction of sp³-hybridized carbons (Fsp3) is 0.250. The van der Waals surface area contributed by atoms with E-state index < -0.39 is 0 Å². The van der Waals surface area contributed by atoms with Crippen molar-refractivity contribution < 1.29 is 0 Å². The van der Waals surface area contributed by atoms with Crippen LogP contribution in [-0.4, -0.2) is 0 Å². The third kappa shape index (κ3) is 2.45. The van der Waals surface area contributed by atoms with Crippen LogP contribution in [0.3, 0.4) is 0 Å². The number of hydrogen-bond donors (Lipinski definition) is 0. The number of nitriles is 1. The second-order valence-electron chi connectivity index (χ2n) is 3.01. The molecule has 0 radical (unpaired) electrons. The Labute approximate surface area is 79.3 Å². The summed E-state index contributed by atoms with van der Waals surface area (Å²) in [5, 5.41) is 8.47. The minimum atomic E-state index is 1.02. The van der Waals surface area contributed by atoms with E-state index >= 15 is 0 Å². The SMILES string of the molecule is CCc1ccc(/C(C)=C\C#N)cc1. The van der Waals surface area contributed by atoms with Crippen LogP contribution in [0, 0.1) is 11.3 Å². The first-order valence-electron chi connectivity index (χ1n) is 4.43. The fourth-order valence-corrected chi connectivity index (χ4v) is 1.18. The second kappa shape index (κ2) is 4.47. The van der Waals surface area contributed by atoms with Gasteiger partial charge in [0.15, 0.2) is 0 Å². The van der Waals surface area contributed by atoms with Crippen molar-refractivity contribution in [1.82, 2.24) is 0 Å². The summed E-state index contributed by atoms with van der Waals surface area (Å²) in [5.41, 5.74) is 3.47. The van der Waals surface area contributed by atoms with Gasteiger partial charge in [-0.15, -0.1) is 0 Å². The first-order chi connectivity index (χ1) is 6.27. The smallest absolute Gasteiger partial charge is 0.0915 e. The molecular weight excluding hydrogens is 158 g/mol. The lowest BCUT2D eigenvalue weighted by atomic mass is 10.0. The van der Waals surface area contributed by atoms with Crippen LogP contribution in [0.15, 0.2) is 30.3 Å². The lowest BCUT2D eigenvalue weighted by molar-refractivity contribution is 1.14. The zero-order valence-electron chi connectivity index (χ0n) is 8.04. The molecule has 0 aromatic heterocycles. The third-order valence-corrected chi connectivity index (χ3v) is 2.10. The Kier molecular flexibility index (Phi) is 3.28. The molecule has 0 amide bonds. The number of rotatable bonds is 2. The van der Waals surface area contributed by atoms with Crippen LogP contribution in [0.4, 0.5) is 0 Å². The molecule has 1 aromatic carbocycles. The van der Waals surface area contributed by atoms with Gasteiger partial charge in [0, 0.05) is 6.08 Å². The van der Waals surface area contributed by atoms with E-state index in [-0.39, 0.29) is 0 Å². The molecule has 0 aliphatic carbocycles. The van der Waals surface area contributed by atoms with Gasteiger partial charge in [-0.05, 0) is 30.0 Å². The van der Waals surface area contributed by atoms with Gasteiger partial charge in [-0.2, -0.15) is 5.26 Å². The highest BCUT2D eigenvalue weighted by Crippen LogP contribution is 2.14. The van der Waals surface area contributed by atoms with Gasteiger partial charge in [0.05, 0.1) is 6.07 Å². The first-order valence-corrected chi connectivity index (χ1v) is 4.43. The molecule has 1 heteroatoms. The quantitative estimate of drug-likeness (QED) is 0.627. The normalized spacial score (nSPS) is 11.0. The molecule has 0 heterocycles. The van der Waals surface area contributed by atoms with Crippen LogP contribution in [0.1, 0.15) is 25.0 Å². The molecule has 1 aromatic rings. The molecule has 0 bridgehead atoms. The van der Waals surface area contributed by atoms with Gasteiger partial charge in [0.25, 0.3) is 0 Å². The van der Waals surface area contributed by atoms with Gasteiger partial charge in [0.1, 0.15) is 0 Å². The number of aryl methyl sites for hydroxylation is 1. The van der Waals surface area contributed by atoms with E-state index in [1.165, 1.54) is 5.56 Å². The summed E-state index contributed by atoms with van der Waals surface area (Å²) in [6, 6.07) is 10.4. The Bertz CT molecular complexity index is 338. The van der Waals surface area contributed by atoms with Crippen LogP contribution in [0.2, 0.25) is 0 Å². The highest BCUT2D eigenvalue weighted by molar-refractivity contribution is 5.65. The number of hydrogen-bond acceptors (Lipinski definition) is 1. The largest absolute Gasteiger partial charge is 0.193 e. The average molecular weight is 171 g/mol. The molecule has 0 saturated carbocycles. The topological polar surface area (TPSA) is 23.8 Å². The number of allylic oxidation sites excluding steroid dienone is 2. The Morgan fingerprint density at radius 3 is 2.46 bits per heavy atom. The Morgan fingerprint density at radius 1 is 1.38 bits per heavy atom. The molecule has 13 heavy (non-hydrogen) atoms. The molecule has 0 aliphatic heterocycles. The first kappa shape index (κ1) is 9.54. The summed E-state index contributed by atoms with van der Waals surface area (Å²) in [7, 11) is 0.